The molecule has 3 aromatic carbocycles. The van der Waals surface area contributed by atoms with Crippen molar-refractivity contribution in [3.63, 3.8) is 0 Å². The molecule has 0 spiro atoms. The minimum absolute atomic E-state index is 0.0767. The SMILES string of the molecule is CCCCN(Cc1ccc(O)cc1O)Cc1c(-c2ccccc2)nc(-c2ccccc2)n1CCCC. The van der Waals surface area contributed by atoms with Gasteiger partial charge in [0.25, 0.3) is 0 Å². The number of benzene rings is 3. The summed E-state index contributed by atoms with van der Waals surface area (Å²) in [4.78, 5) is 7.61. The maximum Gasteiger partial charge on any atom is 0.140 e. The second-order valence-electron chi connectivity index (χ2n) is 9.35. The van der Waals surface area contributed by atoms with E-state index in [9.17, 15) is 10.2 Å². The lowest BCUT2D eigenvalue weighted by Gasteiger charge is -2.24. The number of aromatic hydroxyl groups is 2. The van der Waals surface area contributed by atoms with E-state index < -0.39 is 0 Å². The summed E-state index contributed by atoms with van der Waals surface area (Å²) in [6.45, 7) is 7.55. The van der Waals surface area contributed by atoms with E-state index in [4.69, 9.17) is 4.98 Å². The van der Waals surface area contributed by atoms with E-state index in [-0.39, 0.29) is 11.5 Å². The summed E-state index contributed by atoms with van der Waals surface area (Å²) in [7, 11) is 0. The summed E-state index contributed by atoms with van der Waals surface area (Å²) in [5, 5.41) is 20.2. The maximum atomic E-state index is 10.5. The first-order chi connectivity index (χ1) is 17.6. The molecule has 0 aliphatic rings. The number of hydrogen-bond acceptors (Lipinski definition) is 4. The van der Waals surface area contributed by atoms with E-state index in [1.807, 2.05) is 18.2 Å². The van der Waals surface area contributed by atoms with Gasteiger partial charge in [-0.2, -0.15) is 0 Å². The van der Waals surface area contributed by atoms with E-state index in [1.54, 1.807) is 6.07 Å². The average molecular weight is 484 g/mol. The summed E-state index contributed by atoms with van der Waals surface area (Å²) in [6, 6.07) is 25.7. The van der Waals surface area contributed by atoms with Crippen molar-refractivity contribution in [3.8, 4) is 34.1 Å². The van der Waals surface area contributed by atoms with Crippen LogP contribution in [0.3, 0.4) is 0 Å². The fourth-order valence-corrected chi connectivity index (χ4v) is 4.57. The topological polar surface area (TPSA) is 61.5 Å². The Bertz CT molecular complexity index is 1240. The van der Waals surface area contributed by atoms with Crippen LogP contribution in [0.15, 0.2) is 78.9 Å². The van der Waals surface area contributed by atoms with E-state index in [2.05, 4.69) is 71.8 Å². The summed E-state index contributed by atoms with van der Waals surface area (Å²) < 4.78 is 2.40. The van der Waals surface area contributed by atoms with Crippen LogP contribution in [0.1, 0.15) is 50.8 Å². The fourth-order valence-electron chi connectivity index (χ4n) is 4.57. The number of phenols is 2. The van der Waals surface area contributed by atoms with Gasteiger partial charge in [-0.15, -0.1) is 0 Å². The molecule has 0 unspecified atom stereocenters. The quantitative estimate of drug-likeness (QED) is 0.223. The van der Waals surface area contributed by atoms with Gasteiger partial charge < -0.3 is 14.8 Å². The molecule has 5 heteroatoms. The second kappa shape index (κ2) is 12.4. The highest BCUT2D eigenvalue weighted by molar-refractivity contribution is 5.68. The third-order valence-corrected chi connectivity index (χ3v) is 6.55. The van der Waals surface area contributed by atoms with Crippen LogP contribution in [-0.2, 0) is 19.6 Å². The molecule has 0 saturated carbocycles. The first-order valence-electron chi connectivity index (χ1n) is 13.0. The normalized spacial score (nSPS) is 11.3. The molecule has 36 heavy (non-hydrogen) atoms. The molecular weight excluding hydrogens is 446 g/mol. The molecule has 2 N–H and O–H groups in total. The Morgan fingerprint density at radius 3 is 2.08 bits per heavy atom. The minimum atomic E-state index is 0.0767. The van der Waals surface area contributed by atoms with Gasteiger partial charge in [-0.05, 0) is 25.5 Å². The standard InChI is InChI=1S/C31H37N3O2/c1-3-5-19-33(22-26-17-18-27(35)21-29(26)36)23-28-30(24-13-9-7-10-14-24)32-31(34(28)20-6-4-2)25-15-11-8-12-16-25/h7-18,21,35-36H,3-6,19-20,22-23H2,1-2H3. The van der Waals surface area contributed by atoms with Crippen molar-refractivity contribution < 1.29 is 10.2 Å². The van der Waals surface area contributed by atoms with E-state index in [0.29, 0.717) is 13.1 Å². The zero-order chi connectivity index (χ0) is 25.3. The average Bonchev–Trinajstić information content (AvgIpc) is 3.26. The van der Waals surface area contributed by atoms with Crippen LogP contribution in [0.4, 0.5) is 0 Å². The minimum Gasteiger partial charge on any atom is -0.508 e. The largest absolute Gasteiger partial charge is 0.508 e. The number of aromatic nitrogens is 2. The molecule has 188 valence electrons. The predicted octanol–water partition coefficient (Wildman–Crippen LogP) is 7.23. The molecule has 0 aliphatic carbocycles. The summed E-state index contributed by atoms with van der Waals surface area (Å²) in [5.74, 6) is 1.21. The lowest BCUT2D eigenvalue weighted by Crippen LogP contribution is -2.26. The Balaban J connectivity index is 1.80. The summed E-state index contributed by atoms with van der Waals surface area (Å²) >= 11 is 0. The van der Waals surface area contributed by atoms with Crippen LogP contribution in [0, 0.1) is 0 Å². The number of hydrogen-bond donors (Lipinski definition) is 2. The number of nitrogens with zero attached hydrogens (tertiary/aromatic N) is 3. The van der Waals surface area contributed by atoms with E-state index >= 15 is 0 Å². The van der Waals surface area contributed by atoms with E-state index in [0.717, 1.165) is 67.0 Å². The van der Waals surface area contributed by atoms with E-state index in [1.165, 1.54) is 11.8 Å². The van der Waals surface area contributed by atoms with Crippen molar-refractivity contribution >= 4 is 0 Å². The van der Waals surface area contributed by atoms with Gasteiger partial charge in [0.05, 0.1) is 11.4 Å². The Morgan fingerprint density at radius 2 is 1.44 bits per heavy atom. The van der Waals surface area contributed by atoms with Gasteiger partial charge in [-0.1, -0.05) is 93.4 Å². The Morgan fingerprint density at radius 1 is 0.778 bits per heavy atom. The highest BCUT2D eigenvalue weighted by atomic mass is 16.3. The Labute approximate surface area is 214 Å². The molecule has 1 heterocycles. The van der Waals surface area contributed by atoms with Gasteiger partial charge in [-0.25, -0.2) is 4.98 Å². The van der Waals surface area contributed by atoms with Crippen molar-refractivity contribution in [2.75, 3.05) is 6.54 Å². The monoisotopic (exact) mass is 483 g/mol. The van der Waals surface area contributed by atoms with Crippen molar-refractivity contribution in [2.24, 2.45) is 0 Å². The zero-order valence-corrected chi connectivity index (χ0v) is 21.4. The van der Waals surface area contributed by atoms with Gasteiger partial charge in [0.1, 0.15) is 17.3 Å². The summed E-state index contributed by atoms with van der Waals surface area (Å²) in [6.07, 6.45) is 4.33. The highest BCUT2D eigenvalue weighted by Crippen LogP contribution is 2.32. The molecule has 1 aromatic heterocycles. The lowest BCUT2D eigenvalue weighted by atomic mass is 10.1. The molecule has 0 amide bonds. The smallest absolute Gasteiger partial charge is 0.140 e. The highest BCUT2D eigenvalue weighted by Gasteiger charge is 2.22. The van der Waals surface area contributed by atoms with Gasteiger partial charge in [0.15, 0.2) is 0 Å². The van der Waals surface area contributed by atoms with Crippen LogP contribution < -0.4 is 0 Å². The van der Waals surface area contributed by atoms with Crippen molar-refractivity contribution in [3.05, 3.63) is 90.1 Å². The van der Waals surface area contributed by atoms with Gasteiger partial charge in [-0.3, -0.25) is 4.90 Å². The zero-order valence-electron chi connectivity index (χ0n) is 21.4. The number of imidazole rings is 1. The first kappa shape index (κ1) is 25.5. The molecule has 4 aromatic rings. The number of rotatable bonds is 12. The molecule has 0 atom stereocenters. The van der Waals surface area contributed by atoms with Crippen molar-refractivity contribution in [1.29, 1.82) is 0 Å². The van der Waals surface area contributed by atoms with Crippen LogP contribution in [0.2, 0.25) is 0 Å². The third kappa shape index (κ3) is 6.16. The Hall–Kier alpha value is -3.57. The molecule has 0 fully saturated rings. The van der Waals surface area contributed by atoms with Crippen LogP contribution >= 0.6 is 0 Å². The van der Waals surface area contributed by atoms with Gasteiger partial charge >= 0.3 is 0 Å². The maximum absolute atomic E-state index is 10.5. The number of phenolic OH excluding ortho intramolecular Hbond substituents is 2. The van der Waals surface area contributed by atoms with Gasteiger partial charge in [0, 0.05) is 42.4 Å². The molecule has 4 rings (SSSR count). The van der Waals surface area contributed by atoms with Gasteiger partial charge in [0.2, 0.25) is 0 Å². The lowest BCUT2D eigenvalue weighted by molar-refractivity contribution is 0.243. The first-order valence-corrected chi connectivity index (χ1v) is 13.0. The molecule has 0 aliphatic heterocycles. The molecule has 0 radical (unpaired) electrons. The number of unbranched alkanes of at least 4 members (excludes halogenated alkanes) is 2. The van der Waals surface area contributed by atoms with Crippen molar-refractivity contribution in [1.82, 2.24) is 14.5 Å². The second-order valence-corrected chi connectivity index (χ2v) is 9.35. The molecule has 5 nitrogen and oxygen atoms in total. The van der Waals surface area contributed by atoms with Crippen LogP contribution in [0.25, 0.3) is 22.6 Å². The van der Waals surface area contributed by atoms with Crippen LogP contribution in [-0.4, -0.2) is 31.2 Å². The fraction of sp³-hybridized carbons (Fsp3) is 0.323. The molecule has 0 saturated heterocycles. The van der Waals surface area contributed by atoms with Crippen molar-refractivity contribution in [2.45, 2.75) is 59.2 Å². The molecule has 0 bridgehead atoms. The van der Waals surface area contributed by atoms with Crippen LogP contribution in [0.5, 0.6) is 11.5 Å². The third-order valence-electron chi connectivity index (χ3n) is 6.55. The predicted molar refractivity (Wildman–Crippen MR) is 147 cm³/mol. The Kier molecular flexibility index (Phi) is 8.80. The summed E-state index contributed by atoms with van der Waals surface area (Å²) in [5.41, 5.74) is 5.26. The molecular formula is C31H37N3O2.